The molecule has 1 saturated heterocycles. The van der Waals surface area contributed by atoms with Crippen molar-refractivity contribution in [3.63, 3.8) is 0 Å². The molecule has 224 valence electrons. The maximum Gasteiger partial charge on any atom is 0.416 e. The van der Waals surface area contributed by atoms with Gasteiger partial charge < -0.3 is 19.8 Å². The van der Waals surface area contributed by atoms with Gasteiger partial charge in [0.05, 0.1) is 22.6 Å². The molecular formula is C33H37F3N2O4. The number of benzene rings is 2. The monoisotopic (exact) mass is 582 g/mol. The summed E-state index contributed by atoms with van der Waals surface area (Å²) in [6.45, 7) is 5.63. The lowest BCUT2D eigenvalue weighted by molar-refractivity contribution is -0.202. The topological polar surface area (TPSA) is 73.2 Å². The second-order valence-corrected chi connectivity index (χ2v) is 13.2. The van der Waals surface area contributed by atoms with Crippen LogP contribution in [0.2, 0.25) is 0 Å². The quantitative estimate of drug-likeness (QED) is 0.453. The molecule has 2 heterocycles. The van der Waals surface area contributed by atoms with E-state index in [0.29, 0.717) is 37.4 Å². The molecule has 2 aromatic rings. The predicted molar refractivity (Wildman–Crippen MR) is 151 cm³/mol. The van der Waals surface area contributed by atoms with Crippen molar-refractivity contribution in [2.75, 3.05) is 13.1 Å². The molecule has 2 aliphatic heterocycles. The van der Waals surface area contributed by atoms with Gasteiger partial charge in [-0.15, -0.1) is 0 Å². The Labute approximate surface area is 243 Å². The molecule has 2 saturated carbocycles. The molecule has 9 heteroatoms. The first-order valence-electron chi connectivity index (χ1n) is 15.1. The Hall–Kier alpha value is -3.04. The number of phenolic OH excluding ortho intramolecular Hbond substituents is 1. The molecule has 7 rings (SSSR count). The summed E-state index contributed by atoms with van der Waals surface area (Å²) in [5.41, 5.74) is -0.314. The maximum absolute atomic E-state index is 13.8. The fourth-order valence-corrected chi connectivity index (χ4v) is 8.61. The number of ether oxygens (including phenoxy) is 1. The lowest BCUT2D eigenvalue weighted by Gasteiger charge is -2.65. The van der Waals surface area contributed by atoms with Crippen LogP contribution in [0.5, 0.6) is 11.5 Å². The number of carbonyl (C=O) groups is 1. The molecule has 1 spiro atoms. The van der Waals surface area contributed by atoms with Crippen molar-refractivity contribution in [1.82, 2.24) is 9.80 Å². The molecule has 5 aliphatic rings. The van der Waals surface area contributed by atoms with Crippen LogP contribution in [0.25, 0.3) is 6.08 Å². The van der Waals surface area contributed by atoms with E-state index in [0.717, 1.165) is 36.3 Å². The number of piperidine rings is 1. The van der Waals surface area contributed by atoms with E-state index in [-0.39, 0.29) is 29.3 Å². The number of alkyl halides is 3. The van der Waals surface area contributed by atoms with Crippen molar-refractivity contribution >= 4 is 12.0 Å². The van der Waals surface area contributed by atoms with Crippen LogP contribution >= 0.6 is 0 Å². The normalized spacial score (nSPS) is 31.7. The standard InChI is InChI=1S/C33H37F3N2O4/c1-19(2)38(27(40)11-8-20-4-3-5-23(16-20)33(34,35)36)24-12-13-32(41)26-17-22-9-10-25(39)29-28(22)31(32,30(24)42-29)14-15-37(26)18-21-6-7-21/h3-5,8-11,16,19,21,24,26,30,39,41H,6-7,12-15,17-18H2,1-2H3/t24-,26+,30-,31-,32+/m0/s1. The molecular weight excluding hydrogens is 545 g/mol. The molecule has 2 N–H and O–H groups in total. The average molecular weight is 583 g/mol. The van der Waals surface area contributed by atoms with Gasteiger partial charge in [0.15, 0.2) is 11.5 Å². The van der Waals surface area contributed by atoms with Crippen LogP contribution < -0.4 is 4.74 Å². The van der Waals surface area contributed by atoms with Crippen LogP contribution in [0.1, 0.15) is 68.2 Å². The second-order valence-electron chi connectivity index (χ2n) is 13.2. The van der Waals surface area contributed by atoms with Crippen LogP contribution in [0, 0.1) is 5.92 Å². The molecule has 3 fully saturated rings. The molecule has 2 bridgehead atoms. The van der Waals surface area contributed by atoms with E-state index in [2.05, 4.69) is 4.90 Å². The molecule has 3 aliphatic carbocycles. The number of aliphatic hydroxyl groups is 1. The van der Waals surface area contributed by atoms with Gasteiger partial charge in [-0.25, -0.2) is 0 Å². The Kier molecular flexibility index (Phi) is 6.27. The first-order chi connectivity index (χ1) is 19.9. The van der Waals surface area contributed by atoms with Gasteiger partial charge in [0.25, 0.3) is 0 Å². The highest BCUT2D eigenvalue weighted by Gasteiger charge is 2.73. The van der Waals surface area contributed by atoms with Crippen molar-refractivity contribution in [3.05, 3.63) is 64.7 Å². The summed E-state index contributed by atoms with van der Waals surface area (Å²) in [4.78, 5) is 18.0. The van der Waals surface area contributed by atoms with Gasteiger partial charge in [-0.05, 0) is 100 Å². The number of nitrogens with zero attached hydrogens (tertiary/aromatic N) is 2. The molecule has 0 unspecified atom stereocenters. The van der Waals surface area contributed by atoms with Gasteiger partial charge in [-0.2, -0.15) is 13.2 Å². The highest BCUT2D eigenvalue weighted by atomic mass is 19.4. The largest absolute Gasteiger partial charge is 0.504 e. The summed E-state index contributed by atoms with van der Waals surface area (Å²) in [5, 5.41) is 23.6. The molecule has 0 aromatic heterocycles. The third-order valence-corrected chi connectivity index (χ3v) is 10.5. The van der Waals surface area contributed by atoms with E-state index in [4.69, 9.17) is 4.74 Å². The molecule has 0 radical (unpaired) electrons. The summed E-state index contributed by atoms with van der Waals surface area (Å²) in [6, 6.07) is 7.85. The Bertz CT molecular complexity index is 1450. The number of likely N-dealkylation sites (tertiary alicyclic amines) is 1. The summed E-state index contributed by atoms with van der Waals surface area (Å²) >= 11 is 0. The van der Waals surface area contributed by atoms with Crippen LogP contribution in [-0.4, -0.2) is 68.8 Å². The first kappa shape index (κ1) is 27.8. The third kappa shape index (κ3) is 4.03. The molecule has 6 nitrogen and oxygen atoms in total. The van der Waals surface area contributed by atoms with Crippen LogP contribution in [0.15, 0.2) is 42.5 Å². The summed E-state index contributed by atoms with van der Waals surface area (Å²) in [7, 11) is 0. The molecule has 42 heavy (non-hydrogen) atoms. The van der Waals surface area contributed by atoms with E-state index in [1.54, 1.807) is 11.0 Å². The van der Waals surface area contributed by atoms with Crippen molar-refractivity contribution in [2.45, 2.75) is 93.8 Å². The molecule has 5 atom stereocenters. The van der Waals surface area contributed by atoms with Crippen molar-refractivity contribution < 1.29 is 32.9 Å². The fraction of sp³-hybridized carbons (Fsp3) is 0.545. The van der Waals surface area contributed by atoms with E-state index >= 15 is 0 Å². The fourth-order valence-electron chi connectivity index (χ4n) is 8.61. The average Bonchev–Trinajstić information content (AvgIpc) is 3.68. The zero-order valence-electron chi connectivity index (χ0n) is 23.9. The minimum Gasteiger partial charge on any atom is -0.504 e. The molecule has 2 aromatic carbocycles. The third-order valence-electron chi connectivity index (χ3n) is 10.5. The van der Waals surface area contributed by atoms with E-state index in [9.17, 15) is 28.2 Å². The van der Waals surface area contributed by atoms with Gasteiger partial charge in [0, 0.05) is 30.3 Å². The number of aromatic hydroxyl groups is 1. The number of amides is 1. The molecule has 1 amide bonds. The highest BCUT2D eigenvalue weighted by Crippen LogP contribution is 2.66. The summed E-state index contributed by atoms with van der Waals surface area (Å²) < 4.78 is 46.4. The lowest BCUT2D eigenvalue weighted by Crippen LogP contribution is -2.78. The van der Waals surface area contributed by atoms with Crippen LogP contribution in [0.4, 0.5) is 13.2 Å². The maximum atomic E-state index is 13.8. The Morgan fingerprint density at radius 1 is 1.19 bits per heavy atom. The Balaban J connectivity index is 1.25. The second kappa shape index (κ2) is 9.48. The van der Waals surface area contributed by atoms with E-state index < -0.39 is 34.9 Å². The number of rotatable bonds is 6. The van der Waals surface area contributed by atoms with Crippen LogP contribution in [-0.2, 0) is 22.8 Å². The first-order valence-corrected chi connectivity index (χ1v) is 15.1. The van der Waals surface area contributed by atoms with E-state index in [1.807, 2.05) is 19.9 Å². The Morgan fingerprint density at radius 3 is 2.69 bits per heavy atom. The van der Waals surface area contributed by atoms with Gasteiger partial charge >= 0.3 is 6.18 Å². The minimum absolute atomic E-state index is 0.0457. The zero-order valence-corrected chi connectivity index (χ0v) is 23.9. The number of phenols is 1. The Morgan fingerprint density at radius 2 is 1.98 bits per heavy atom. The van der Waals surface area contributed by atoms with Crippen molar-refractivity contribution in [1.29, 1.82) is 0 Å². The SMILES string of the molecule is CC(C)N(C(=O)C=Cc1cccc(C(F)(F)F)c1)[C@H]1CC[C@@]2(O)[C@H]3Cc4ccc(O)c5c4[C@@]2(CCN3CC2CC2)[C@H]1O5. The number of hydrogen-bond acceptors (Lipinski definition) is 5. The minimum atomic E-state index is -4.47. The van der Waals surface area contributed by atoms with Gasteiger partial charge in [0.2, 0.25) is 5.91 Å². The van der Waals surface area contributed by atoms with Gasteiger partial charge in [-0.3, -0.25) is 9.69 Å². The van der Waals surface area contributed by atoms with Crippen molar-refractivity contribution in [2.24, 2.45) is 5.92 Å². The predicted octanol–water partition coefficient (Wildman–Crippen LogP) is 5.29. The van der Waals surface area contributed by atoms with Crippen LogP contribution in [0.3, 0.4) is 0 Å². The van der Waals surface area contributed by atoms with Gasteiger partial charge in [-0.1, -0.05) is 18.2 Å². The van der Waals surface area contributed by atoms with Crippen molar-refractivity contribution in [3.8, 4) is 11.5 Å². The smallest absolute Gasteiger partial charge is 0.416 e. The van der Waals surface area contributed by atoms with Gasteiger partial charge in [0.1, 0.15) is 6.10 Å². The van der Waals surface area contributed by atoms with E-state index in [1.165, 1.54) is 37.1 Å². The number of halogens is 3. The number of carbonyl (C=O) groups excluding carboxylic acids is 1. The zero-order chi connectivity index (χ0) is 29.6. The number of hydrogen-bond donors (Lipinski definition) is 2. The summed E-state index contributed by atoms with van der Waals surface area (Å²) in [5.74, 6) is 0.831. The highest BCUT2D eigenvalue weighted by molar-refractivity contribution is 5.92. The summed E-state index contributed by atoms with van der Waals surface area (Å²) in [6.07, 6.45) is 2.56. The lowest BCUT2D eigenvalue weighted by atomic mass is 9.48.